The van der Waals surface area contributed by atoms with E-state index in [2.05, 4.69) is 0 Å². The molecule has 1 amide bonds. The summed E-state index contributed by atoms with van der Waals surface area (Å²) in [6.45, 7) is 17.4. The molecule has 31 heavy (non-hydrogen) atoms. The van der Waals surface area contributed by atoms with Gasteiger partial charge < -0.3 is 24.1 Å². The first kappa shape index (κ1) is 25.6. The van der Waals surface area contributed by atoms with Crippen molar-refractivity contribution in [3.05, 3.63) is 29.6 Å². The lowest BCUT2D eigenvalue weighted by Crippen LogP contribution is -2.41. The molecule has 2 heterocycles. The predicted molar refractivity (Wildman–Crippen MR) is 120 cm³/mol. The normalized spacial score (nSPS) is 24.6. The van der Waals surface area contributed by atoms with E-state index in [4.69, 9.17) is 14.0 Å². The Bertz CT molecular complexity index is 792. The number of likely N-dealkylation sites (tertiary alicyclic amines) is 1. The lowest BCUT2D eigenvalue weighted by Gasteiger charge is -2.32. The van der Waals surface area contributed by atoms with E-state index in [9.17, 15) is 14.3 Å². The average Bonchev–Trinajstić information content (AvgIpc) is 3.13. The fraction of sp³-hybridized carbons (Fsp3) is 0.696. The fourth-order valence-electron chi connectivity index (χ4n) is 3.49. The van der Waals surface area contributed by atoms with E-state index in [0.29, 0.717) is 18.5 Å². The number of hydrogen-bond acceptors (Lipinski definition) is 5. The molecule has 1 unspecified atom stereocenters. The van der Waals surface area contributed by atoms with Crippen molar-refractivity contribution in [3.63, 3.8) is 0 Å². The number of rotatable bonds is 2. The summed E-state index contributed by atoms with van der Waals surface area (Å²) in [5.74, 6) is -0.509. The Kier molecular flexibility index (Phi) is 7.20. The van der Waals surface area contributed by atoms with Gasteiger partial charge in [0, 0.05) is 12.0 Å². The highest BCUT2D eigenvalue weighted by Crippen LogP contribution is 2.37. The third kappa shape index (κ3) is 5.41. The van der Waals surface area contributed by atoms with Crippen LogP contribution in [0.3, 0.4) is 0 Å². The second-order valence-electron chi connectivity index (χ2n) is 10.0. The molecule has 0 aliphatic carbocycles. The number of amides is 1. The van der Waals surface area contributed by atoms with Crippen LogP contribution >= 0.6 is 0 Å². The number of carbonyl (C=O) groups is 1. The van der Waals surface area contributed by atoms with Crippen molar-refractivity contribution in [2.24, 2.45) is 0 Å². The third-order valence-corrected chi connectivity index (χ3v) is 5.94. The predicted octanol–water partition coefficient (Wildman–Crippen LogP) is 3.98. The van der Waals surface area contributed by atoms with Crippen LogP contribution in [-0.4, -0.2) is 53.1 Å². The van der Waals surface area contributed by atoms with Gasteiger partial charge in [0.1, 0.15) is 17.0 Å². The number of hydrogen-bond donors (Lipinski definition) is 1. The molecule has 2 aliphatic heterocycles. The van der Waals surface area contributed by atoms with Gasteiger partial charge in [-0.2, -0.15) is 0 Å². The number of benzene rings is 1. The third-order valence-electron chi connectivity index (χ3n) is 5.94. The molecule has 1 atom stereocenters. The molecule has 1 aromatic rings. The van der Waals surface area contributed by atoms with Crippen LogP contribution in [0.15, 0.2) is 18.2 Å². The lowest BCUT2D eigenvalue weighted by molar-refractivity contribution is 0.00578. The molecule has 2 fully saturated rings. The average molecular weight is 437 g/mol. The zero-order valence-corrected chi connectivity index (χ0v) is 20.3. The molecule has 1 N–H and O–H groups in total. The minimum absolute atomic E-state index is 0.0528. The maximum Gasteiger partial charge on any atom is 0.497 e. The number of aliphatic hydroxyl groups is 1. The van der Waals surface area contributed by atoms with Gasteiger partial charge in [-0.15, -0.1) is 0 Å². The number of nitrogens with zero attached hydrogens (tertiary/aromatic N) is 1. The maximum atomic E-state index is 14.9. The van der Waals surface area contributed by atoms with Gasteiger partial charge in [-0.05, 0) is 66.5 Å². The lowest BCUT2D eigenvalue weighted by atomic mass is 9.77. The molecular weight excluding hydrogens is 400 g/mol. The topological polar surface area (TPSA) is 68.2 Å². The van der Waals surface area contributed by atoms with E-state index < -0.39 is 41.4 Å². The van der Waals surface area contributed by atoms with Gasteiger partial charge in [0.25, 0.3) is 0 Å². The molecular formula is C23H37BFNO5. The van der Waals surface area contributed by atoms with E-state index in [1.807, 2.05) is 41.5 Å². The largest absolute Gasteiger partial charge is 0.497 e. The van der Waals surface area contributed by atoms with E-state index in [1.54, 1.807) is 32.9 Å². The molecule has 3 rings (SSSR count). The van der Waals surface area contributed by atoms with Crippen molar-refractivity contribution in [3.8, 4) is 0 Å². The first-order valence-corrected chi connectivity index (χ1v) is 11.0. The quantitative estimate of drug-likeness (QED) is 0.709. The first-order chi connectivity index (χ1) is 14.1. The molecule has 2 aliphatic rings. The molecule has 2 saturated heterocycles. The van der Waals surface area contributed by atoms with E-state index >= 15 is 0 Å². The Balaban J connectivity index is 0.00000166. The van der Waals surface area contributed by atoms with E-state index in [-0.39, 0.29) is 12.0 Å². The minimum Gasteiger partial charge on any atom is -0.444 e. The maximum absolute atomic E-state index is 14.9. The number of halogens is 1. The van der Waals surface area contributed by atoms with Crippen LogP contribution in [-0.2, 0) is 19.6 Å². The van der Waals surface area contributed by atoms with Gasteiger partial charge >= 0.3 is 13.2 Å². The highest BCUT2D eigenvalue weighted by molar-refractivity contribution is 6.62. The van der Waals surface area contributed by atoms with Crippen LogP contribution in [0.25, 0.3) is 0 Å². The summed E-state index contributed by atoms with van der Waals surface area (Å²) in [6.07, 6.45) is -0.177. The second-order valence-corrected chi connectivity index (χ2v) is 10.0. The highest BCUT2D eigenvalue weighted by atomic mass is 19.1. The van der Waals surface area contributed by atoms with Crippen LogP contribution in [0.4, 0.5) is 9.18 Å². The Hall–Kier alpha value is -1.64. The summed E-state index contributed by atoms with van der Waals surface area (Å²) in [6, 6.07) is 4.56. The highest BCUT2D eigenvalue weighted by Gasteiger charge is 2.52. The van der Waals surface area contributed by atoms with Crippen molar-refractivity contribution in [1.82, 2.24) is 4.90 Å². The van der Waals surface area contributed by atoms with Crippen molar-refractivity contribution < 1.29 is 28.3 Å². The zero-order valence-electron chi connectivity index (χ0n) is 20.3. The number of carbonyl (C=O) groups excluding carboxylic acids is 1. The molecule has 0 aromatic heterocycles. The Labute approximate surface area is 186 Å². The summed E-state index contributed by atoms with van der Waals surface area (Å²) < 4.78 is 32.1. The Morgan fingerprint density at radius 2 is 1.71 bits per heavy atom. The van der Waals surface area contributed by atoms with Crippen molar-refractivity contribution in [2.75, 3.05) is 13.1 Å². The van der Waals surface area contributed by atoms with Gasteiger partial charge in [0.05, 0.1) is 17.7 Å². The SMILES string of the molecule is CC.CC(C)(C)OC(=O)N1CCC(O)(c2ccc(B3OC(C)(C)C(C)(C)O3)c(F)c2)C1. The summed E-state index contributed by atoms with van der Waals surface area (Å²) >= 11 is 0. The standard InChI is InChI=1S/C21H31BFNO5.C2H6/c1-18(2,3)27-17(25)24-11-10-21(26,13-24)14-8-9-15(16(23)12-14)22-28-19(4,5)20(6,7)29-22;1-2/h8-9,12,26H,10-11,13H2,1-7H3;1-2H3. The van der Waals surface area contributed by atoms with Crippen LogP contribution < -0.4 is 5.46 Å². The van der Waals surface area contributed by atoms with E-state index in [1.165, 1.54) is 11.0 Å². The van der Waals surface area contributed by atoms with Gasteiger partial charge in [-0.3, -0.25) is 0 Å². The number of ether oxygens (including phenoxy) is 1. The van der Waals surface area contributed by atoms with Crippen LogP contribution in [0.2, 0.25) is 0 Å². The van der Waals surface area contributed by atoms with Crippen LogP contribution in [0.5, 0.6) is 0 Å². The molecule has 0 spiro atoms. The minimum atomic E-state index is -1.33. The van der Waals surface area contributed by atoms with Gasteiger partial charge in [-0.1, -0.05) is 26.0 Å². The number of β-amino-alcohol motifs (C(OH)–C–C–N with tert-alkyl or cyclic N) is 1. The monoisotopic (exact) mass is 437 g/mol. The summed E-state index contributed by atoms with van der Waals surface area (Å²) in [5, 5.41) is 11.0. The Morgan fingerprint density at radius 3 is 2.19 bits per heavy atom. The fourth-order valence-corrected chi connectivity index (χ4v) is 3.49. The molecule has 0 saturated carbocycles. The molecule has 174 valence electrons. The molecule has 6 nitrogen and oxygen atoms in total. The zero-order chi connectivity index (χ0) is 23.8. The van der Waals surface area contributed by atoms with Crippen molar-refractivity contribution >= 4 is 18.7 Å². The molecule has 0 radical (unpaired) electrons. The van der Waals surface area contributed by atoms with Gasteiger partial charge in [-0.25, -0.2) is 9.18 Å². The first-order valence-electron chi connectivity index (χ1n) is 11.0. The summed E-state index contributed by atoms with van der Waals surface area (Å²) in [4.78, 5) is 13.7. The van der Waals surface area contributed by atoms with Crippen LogP contribution in [0.1, 0.15) is 74.3 Å². The molecule has 1 aromatic carbocycles. The van der Waals surface area contributed by atoms with Crippen molar-refractivity contribution in [1.29, 1.82) is 0 Å². The molecule has 8 heteroatoms. The Morgan fingerprint density at radius 1 is 1.16 bits per heavy atom. The summed E-state index contributed by atoms with van der Waals surface area (Å²) in [5.41, 5.74) is -2.37. The van der Waals surface area contributed by atoms with Crippen LogP contribution in [0, 0.1) is 5.82 Å². The molecule has 0 bridgehead atoms. The van der Waals surface area contributed by atoms with Gasteiger partial charge in [0.15, 0.2) is 0 Å². The van der Waals surface area contributed by atoms with E-state index in [0.717, 1.165) is 0 Å². The second kappa shape index (κ2) is 8.72. The smallest absolute Gasteiger partial charge is 0.444 e. The van der Waals surface area contributed by atoms with Gasteiger partial charge in [0.2, 0.25) is 0 Å². The summed E-state index contributed by atoms with van der Waals surface area (Å²) in [7, 11) is -0.814. The van der Waals surface area contributed by atoms with Crippen molar-refractivity contribution in [2.45, 2.75) is 91.1 Å².